The van der Waals surface area contributed by atoms with E-state index in [9.17, 15) is 15.2 Å². The highest BCUT2D eigenvalue weighted by atomic mass is 16.6. The SMILES string of the molecule is CCC(C)c1ccccc1N=Cc1cc([N+](=O)[O-])cc(C)c1O. The van der Waals surface area contributed by atoms with Crippen molar-refractivity contribution < 1.29 is 10.0 Å². The summed E-state index contributed by atoms with van der Waals surface area (Å²) in [6, 6.07) is 10.5. The van der Waals surface area contributed by atoms with Gasteiger partial charge in [-0.05, 0) is 36.5 Å². The molecule has 0 radical (unpaired) electrons. The summed E-state index contributed by atoms with van der Waals surface area (Å²) in [5.41, 5.74) is 2.67. The first-order chi connectivity index (χ1) is 10.9. The van der Waals surface area contributed by atoms with Crippen LogP contribution in [0.4, 0.5) is 11.4 Å². The molecule has 0 aliphatic carbocycles. The Morgan fingerprint density at radius 3 is 2.70 bits per heavy atom. The van der Waals surface area contributed by atoms with Gasteiger partial charge in [0.1, 0.15) is 5.75 Å². The molecule has 0 amide bonds. The van der Waals surface area contributed by atoms with E-state index in [1.807, 2.05) is 24.3 Å². The number of hydrogen-bond acceptors (Lipinski definition) is 4. The lowest BCUT2D eigenvalue weighted by Crippen LogP contribution is -1.94. The van der Waals surface area contributed by atoms with Gasteiger partial charge in [0, 0.05) is 23.9 Å². The molecule has 5 nitrogen and oxygen atoms in total. The van der Waals surface area contributed by atoms with Crippen molar-refractivity contribution in [3.05, 3.63) is 63.2 Å². The van der Waals surface area contributed by atoms with Crippen LogP contribution in [0.1, 0.15) is 42.9 Å². The molecule has 2 aromatic carbocycles. The van der Waals surface area contributed by atoms with Crippen LogP contribution in [0.3, 0.4) is 0 Å². The molecule has 0 spiro atoms. The van der Waals surface area contributed by atoms with Gasteiger partial charge in [0.15, 0.2) is 0 Å². The number of nitro groups is 1. The van der Waals surface area contributed by atoms with E-state index >= 15 is 0 Å². The predicted molar refractivity (Wildman–Crippen MR) is 91.9 cm³/mol. The molecule has 0 fully saturated rings. The van der Waals surface area contributed by atoms with Gasteiger partial charge in [-0.1, -0.05) is 32.0 Å². The Bertz CT molecular complexity index is 754. The van der Waals surface area contributed by atoms with Gasteiger partial charge >= 0.3 is 0 Å². The quantitative estimate of drug-likeness (QED) is 0.486. The van der Waals surface area contributed by atoms with E-state index in [-0.39, 0.29) is 11.4 Å². The summed E-state index contributed by atoms with van der Waals surface area (Å²) < 4.78 is 0. The molecule has 120 valence electrons. The Labute approximate surface area is 135 Å². The number of aromatic hydroxyl groups is 1. The minimum Gasteiger partial charge on any atom is -0.507 e. The summed E-state index contributed by atoms with van der Waals surface area (Å²) in [6.07, 6.45) is 2.48. The minimum absolute atomic E-state index is 0.0142. The van der Waals surface area contributed by atoms with E-state index in [0.29, 0.717) is 17.0 Å². The van der Waals surface area contributed by atoms with Crippen molar-refractivity contribution in [3.63, 3.8) is 0 Å². The van der Waals surface area contributed by atoms with Crippen LogP contribution < -0.4 is 0 Å². The van der Waals surface area contributed by atoms with E-state index in [1.54, 1.807) is 6.92 Å². The third-order valence-electron chi connectivity index (χ3n) is 3.95. The normalized spacial score (nSPS) is 12.5. The van der Waals surface area contributed by atoms with Crippen molar-refractivity contribution in [2.24, 2.45) is 4.99 Å². The molecule has 0 saturated heterocycles. The van der Waals surface area contributed by atoms with Crippen LogP contribution in [-0.2, 0) is 0 Å². The fourth-order valence-electron chi connectivity index (χ4n) is 2.37. The van der Waals surface area contributed by atoms with E-state index in [2.05, 4.69) is 18.8 Å². The second kappa shape index (κ2) is 7.05. The number of aryl methyl sites for hydroxylation is 1. The van der Waals surface area contributed by atoms with Crippen molar-refractivity contribution in [3.8, 4) is 5.75 Å². The number of nitrogens with zero attached hydrogens (tertiary/aromatic N) is 2. The highest BCUT2D eigenvalue weighted by Crippen LogP contribution is 2.30. The lowest BCUT2D eigenvalue weighted by Gasteiger charge is -2.11. The molecule has 0 bridgehead atoms. The molecule has 0 aromatic heterocycles. The monoisotopic (exact) mass is 312 g/mol. The van der Waals surface area contributed by atoms with Crippen molar-refractivity contribution in [2.45, 2.75) is 33.1 Å². The summed E-state index contributed by atoms with van der Waals surface area (Å²) in [4.78, 5) is 14.9. The second-order valence-electron chi connectivity index (χ2n) is 5.58. The number of para-hydroxylation sites is 1. The van der Waals surface area contributed by atoms with Crippen LogP contribution in [-0.4, -0.2) is 16.2 Å². The number of aliphatic imine (C=N–C) groups is 1. The van der Waals surface area contributed by atoms with Crippen LogP contribution in [0, 0.1) is 17.0 Å². The number of rotatable bonds is 5. The first kappa shape index (κ1) is 16.7. The number of benzene rings is 2. The molecule has 0 aliphatic heterocycles. The van der Waals surface area contributed by atoms with E-state index in [1.165, 1.54) is 18.3 Å². The van der Waals surface area contributed by atoms with Gasteiger partial charge in [-0.15, -0.1) is 0 Å². The topological polar surface area (TPSA) is 75.7 Å². The molecule has 2 rings (SSSR count). The highest BCUT2D eigenvalue weighted by molar-refractivity contribution is 5.87. The van der Waals surface area contributed by atoms with Crippen LogP contribution >= 0.6 is 0 Å². The van der Waals surface area contributed by atoms with E-state index < -0.39 is 4.92 Å². The van der Waals surface area contributed by atoms with Crippen LogP contribution in [0.2, 0.25) is 0 Å². The number of non-ortho nitro benzene ring substituents is 1. The lowest BCUT2D eigenvalue weighted by molar-refractivity contribution is -0.384. The molecule has 0 saturated carbocycles. The number of phenolic OH excluding ortho intramolecular Hbond substituents is 1. The van der Waals surface area contributed by atoms with Crippen molar-refractivity contribution in [1.82, 2.24) is 0 Å². The fraction of sp³-hybridized carbons (Fsp3) is 0.278. The first-order valence-corrected chi connectivity index (χ1v) is 7.55. The summed E-state index contributed by atoms with van der Waals surface area (Å²) >= 11 is 0. The fourth-order valence-corrected chi connectivity index (χ4v) is 2.37. The molecule has 5 heteroatoms. The zero-order valence-corrected chi connectivity index (χ0v) is 13.5. The van der Waals surface area contributed by atoms with Crippen LogP contribution in [0.5, 0.6) is 5.75 Å². The zero-order chi connectivity index (χ0) is 17.0. The highest BCUT2D eigenvalue weighted by Gasteiger charge is 2.13. The average molecular weight is 312 g/mol. The average Bonchev–Trinajstić information content (AvgIpc) is 2.55. The third kappa shape index (κ3) is 3.74. The Balaban J connectivity index is 2.44. The zero-order valence-electron chi connectivity index (χ0n) is 13.5. The van der Waals surface area contributed by atoms with Crippen LogP contribution in [0.25, 0.3) is 0 Å². The van der Waals surface area contributed by atoms with E-state index in [4.69, 9.17) is 0 Å². The van der Waals surface area contributed by atoms with Gasteiger partial charge in [0.25, 0.3) is 5.69 Å². The maximum Gasteiger partial charge on any atom is 0.270 e. The van der Waals surface area contributed by atoms with Crippen molar-refractivity contribution in [2.75, 3.05) is 0 Å². The second-order valence-corrected chi connectivity index (χ2v) is 5.58. The minimum atomic E-state index is -0.475. The van der Waals surface area contributed by atoms with Crippen molar-refractivity contribution >= 4 is 17.6 Å². The summed E-state index contributed by atoms with van der Waals surface area (Å²) in [5.74, 6) is 0.379. The molecule has 1 unspecified atom stereocenters. The van der Waals surface area contributed by atoms with Gasteiger partial charge in [-0.3, -0.25) is 15.1 Å². The summed E-state index contributed by atoms with van der Waals surface area (Å²) in [6.45, 7) is 5.87. The molecular formula is C18H20N2O3. The molecule has 0 aliphatic rings. The van der Waals surface area contributed by atoms with Crippen LogP contribution in [0.15, 0.2) is 41.4 Å². The van der Waals surface area contributed by atoms with Gasteiger partial charge in [-0.25, -0.2) is 0 Å². The number of hydrogen-bond donors (Lipinski definition) is 1. The summed E-state index contributed by atoms with van der Waals surface area (Å²) in [7, 11) is 0. The van der Waals surface area contributed by atoms with Crippen molar-refractivity contribution in [1.29, 1.82) is 0 Å². The lowest BCUT2D eigenvalue weighted by atomic mass is 9.97. The molecule has 0 heterocycles. The number of nitro benzene ring substituents is 1. The Kier molecular flexibility index (Phi) is 5.11. The standard InChI is InChI=1S/C18H20N2O3/c1-4-12(2)16-7-5-6-8-17(16)19-11-14-10-15(20(22)23)9-13(3)18(14)21/h5-12,21H,4H2,1-3H3. The molecule has 23 heavy (non-hydrogen) atoms. The summed E-state index contributed by atoms with van der Waals surface area (Å²) in [5, 5.41) is 21.0. The molecular weight excluding hydrogens is 292 g/mol. The van der Waals surface area contributed by atoms with Gasteiger partial charge < -0.3 is 5.11 Å². The Morgan fingerprint density at radius 1 is 1.35 bits per heavy atom. The molecule has 2 aromatic rings. The Hall–Kier alpha value is -2.69. The number of phenols is 1. The maximum atomic E-state index is 11.0. The van der Waals surface area contributed by atoms with Gasteiger partial charge in [0.2, 0.25) is 0 Å². The maximum absolute atomic E-state index is 11.0. The molecule has 1 atom stereocenters. The predicted octanol–water partition coefficient (Wildman–Crippen LogP) is 4.87. The smallest absolute Gasteiger partial charge is 0.270 e. The first-order valence-electron chi connectivity index (χ1n) is 7.55. The van der Waals surface area contributed by atoms with Gasteiger partial charge in [-0.2, -0.15) is 0 Å². The van der Waals surface area contributed by atoms with Gasteiger partial charge in [0.05, 0.1) is 10.6 Å². The third-order valence-corrected chi connectivity index (χ3v) is 3.95. The van der Waals surface area contributed by atoms with E-state index in [0.717, 1.165) is 17.7 Å². The largest absolute Gasteiger partial charge is 0.507 e. The Morgan fingerprint density at radius 2 is 2.04 bits per heavy atom. The molecule has 1 N–H and O–H groups in total.